The molecule has 0 aliphatic rings. The lowest BCUT2D eigenvalue weighted by Gasteiger charge is -2.09. The fraction of sp³-hybridized carbons (Fsp3) is 0.0370. The minimum absolute atomic E-state index is 0.0330. The second-order valence-electron chi connectivity index (χ2n) is 7.54. The van der Waals surface area contributed by atoms with Gasteiger partial charge in [-0.2, -0.15) is 0 Å². The number of nitro benzene ring substituents is 2. The van der Waals surface area contributed by atoms with E-state index >= 15 is 0 Å². The number of benzene rings is 4. The molecule has 0 aliphatic heterocycles. The molecule has 4 rings (SSSR count). The molecule has 0 atom stereocenters. The van der Waals surface area contributed by atoms with E-state index in [-0.39, 0.29) is 33.3 Å². The minimum atomic E-state index is -0.630. The van der Waals surface area contributed by atoms with Crippen molar-refractivity contribution in [2.24, 2.45) is 0 Å². The molecule has 0 heterocycles. The Labute approximate surface area is 221 Å². The lowest BCUT2D eigenvalue weighted by atomic mass is 10.2. The van der Waals surface area contributed by atoms with Crippen LogP contribution in [-0.2, 0) is 6.61 Å². The van der Waals surface area contributed by atoms with Crippen molar-refractivity contribution in [1.82, 2.24) is 0 Å². The van der Waals surface area contributed by atoms with Crippen molar-refractivity contribution in [3.05, 3.63) is 133 Å². The van der Waals surface area contributed by atoms with E-state index < -0.39 is 9.85 Å². The number of halogens is 1. The maximum absolute atomic E-state index is 11.1. The molecule has 0 amide bonds. The zero-order valence-corrected chi connectivity index (χ0v) is 20.3. The molecule has 192 valence electrons. The second kappa shape index (κ2) is 13.3. The first-order valence-corrected chi connectivity index (χ1v) is 11.3. The molecule has 4 aromatic carbocycles. The van der Waals surface area contributed by atoms with Crippen molar-refractivity contribution < 1.29 is 28.9 Å². The van der Waals surface area contributed by atoms with Gasteiger partial charge in [-0.3, -0.25) is 29.8 Å². The number of carbonyl (C=O) groups is 2. The van der Waals surface area contributed by atoms with Gasteiger partial charge in [-0.1, -0.05) is 41.9 Å². The molecule has 0 N–H and O–H groups in total. The Bertz CT molecular complexity index is 1440. The Morgan fingerprint density at radius 1 is 0.711 bits per heavy atom. The molecular weight excluding hydrogens is 516 g/mol. The number of rotatable bonds is 9. The van der Waals surface area contributed by atoms with E-state index in [1.807, 2.05) is 30.3 Å². The normalized spacial score (nSPS) is 9.92. The largest absolute Gasteiger partial charge is 0.489 e. The summed E-state index contributed by atoms with van der Waals surface area (Å²) < 4.78 is 11.3. The van der Waals surface area contributed by atoms with Crippen LogP contribution in [0.25, 0.3) is 0 Å². The maximum Gasteiger partial charge on any atom is 0.312 e. The first kappa shape index (κ1) is 27.5. The van der Waals surface area contributed by atoms with Crippen molar-refractivity contribution in [1.29, 1.82) is 0 Å². The number of nitrogens with zero attached hydrogens (tertiary/aromatic N) is 2. The summed E-state index contributed by atoms with van der Waals surface area (Å²) in [6.45, 7) is 0.444. The summed E-state index contributed by atoms with van der Waals surface area (Å²) in [5, 5.41) is 21.5. The van der Waals surface area contributed by atoms with Gasteiger partial charge in [0.2, 0.25) is 5.75 Å². The number of aldehydes is 2. The molecular formula is C27H19ClN2O8. The van der Waals surface area contributed by atoms with E-state index in [1.54, 1.807) is 24.3 Å². The third-order valence-electron chi connectivity index (χ3n) is 4.92. The van der Waals surface area contributed by atoms with Crippen molar-refractivity contribution in [2.45, 2.75) is 6.61 Å². The van der Waals surface area contributed by atoms with E-state index in [4.69, 9.17) is 21.1 Å². The van der Waals surface area contributed by atoms with Gasteiger partial charge >= 0.3 is 5.69 Å². The van der Waals surface area contributed by atoms with Crippen LogP contribution >= 0.6 is 11.6 Å². The van der Waals surface area contributed by atoms with Crippen molar-refractivity contribution in [3.8, 4) is 17.2 Å². The smallest absolute Gasteiger partial charge is 0.312 e. The summed E-state index contributed by atoms with van der Waals surface area (Å²) in [4.78, 5) is 41.2. The van der Waals surface area contributed by atoms with Crippen LogP contribution in [-0.4, -0.2) is 22.4 Å². The first-order chi connectivity index (χ1) is 18.3. The number of ether oxygens (including phenoxy) is 2. The Morgan fingerprint density at radius 3 is 1.84 bits per heavy atom. The van der Waals surface area contributed by atoms with Gasteiger partial charge < -0.3 is 9.47 Å². The number of hydrogen-bond acceptors (Lipinski definition) is 8. The summed E-state index contributed by atoms with van der Waals surface area (Å²) in [6.07, 6.45) is 1.08. The SMILES string of the molecule is O=Cc1ccc(Cl)c([N+](=O)[O-])c1.O=Cc1ccc(Oc2ccc(OCc3ccccc3)cc2)c([N+](=O)[O-])c1. The summed E-state index contributed by atoms with van der Waals surface area (Å²) >= 11 is 5.49. The molecule has 0 saturated heterocycles. The highest BCUT2D eigenvalue weighted by Crippen LogP contribution is 2.32. The molecule has 0 aliphatic carbocycles. The molecule has 11 heteroatoms. The molecule has 0 saturated carbocycles. The Hall–Kier alpha value is -5.09. The van der Waals surface area contributed by atoms with Gasteiger partial charge in [-0.05, 0) is 54.1 Å². The molecule has 4 aromatic rings. The van der Waals surface area contributed by atoms with Gasteiger partial charge in [0.25, 0.3) is 5.69 Å². The van der Waals surface area contributed by atoms with Gasteiger partial charge in [0.05, 0.1) is 9.85 Å². The molecule has 0 aromatic heterocycles. The van der Waals surface area contributed by atoms with Crippen LogP contribution in [0.2, 0.25) is 5.02 Å². The van der Waals surface area contributed by atoms with Crippen molar-refractivity contribution >= 4 is 35.5 Å². The van der Waals surface area contributed by atoms with E-state index in [1.165, 1.54) is 30.3 Å². The Morgan fingerprint density at radius 2 is 1.26 bits per heavy atom. The fourth-order valence-corrected chi connectivity index (χ4v) is 3.24. The van der Waals surface area contributed by atoms with Crippen LogP contribution in [0.5, 0.6) is 17.2 Å². The highest BCUT2D eigenvalue weighted by Gasteiger charge is 2.17. The van der Waals surface area contributed by atoms with Gasteiger partial charge in [0.15, 0.2) is 0 Å². The summed E-state index contributed by atoms with van der Waals surface area (Å²) in [5.41, 5.74) is 0.999. The zero-order valence-electron chi connectivity index (χ0n) is 19.6. The monoisotopic (exact) mass is 534 g/mol. The average molecular weight is 535 g/mol. The predicted octanol–water partition coefficient (Wildman–Crippen LogP) is 6.84. The molecule has 0 unspecified atom stereocenters. The Balaban J connectivity index is 0.000000279. The molecule has 0 fully saturated rings. The van der Waals surface area contributed by atoms with Crippen LogP contribution in [0.4, 0.5) is 11.4 Å². The first-order valence-electron chi connectivity index (χ1n) is 10.9. The van der Waals surface area contributed by atoms with Crippen molar-refractivity contribution in [2.75, 3.05) is 0 Å². The van der Waals surface area contributed by atoms with E-state index in [0.29, 0.717) is 30.7 Å². The lowest BCUT2D eigenvalue weighted by molar-refractivity contribution is -0.385. The fourth-order valence-electron chi connectivity index (χ4n) is 3.05. The Kier molecular flexibility index (Phi) is 9.61. The molecule has 10 nitrogen and oxygen atoms in total. The van der Waals surface area contributed by atoms with E-state index in [9.17, 15) is 29.8 Å². The quantitative estimate of drug-likeness (QED) is 0.129. The summed E-state index contributed by atoms with van der Waals surface area (Å²) in [7, 11) is 0. The topological polar surface area (TPSA) is 139 Å². The van der Waals surface area contributed by atoms with Gasteiger partial charge in [-0.15, -0.1) is 0 Å². The highest BCUT2D eigenvalue weighted by molar-refractivity contribution is 6.32. The number of carbonyl (C=O) groups excluding carboxylic acids is 2. The van der Waals surface area contributed by atoms with Gasteiger partial charge in [0, 0.05) is 23.3 Å². The molecule has 0 radical (unpaired) electrons. The standard InChI is InChI=1S/C20H15NO5.C7H4ClNO3/c22-13-16-6-11-20(19(12-16)21(23)24)26-18-9-7-17(8-10-18)25-14-15-4-2-1-3-5-15;8-6-2-1-5(4-10)3-7(6)9(11)12/h1-13H,14H2;1-4H. The third kappa shape index (κ3) is 7.70. The molecule has 38 heavy (non-hydrogen) atoms. The lowest BCUT2D eigenvalue weighted by Crippen LogP contribution is -1.96. The zero-order chi connectivity index (χ0) is 27.5. The number of hydrogen-bond donors (Lipinski definition) is 0. The van der Waals surface area contributed by atoms with Crippen LogP contribution in [0.15, 0.2) is 91.0 Å². The summed E-state index contributed by atoms with van der Waals surface area (Å²) in [5.74, 6) is 1.16. The summed E-state index contributed by atoms with van der Waals surface area (Å²) in [6, 6.07) is 24.5. The number of nitro groups is 2. The molecule has 0 spiro atoms. The van der Waals surface area contributed by atoms with Gasteiger partial charge in [0.1, 0.15) is 35.7 Å². The van der Waals surface area contributed by atoms with Gasteiger partial charge in [-0.25, -0.2) is 0 Å². The minimum Gasteiger partial charge on any atom is -0.489 e. The van der Waals surface area contributed by atoms with Crippen LogP contribution in [0, 0.1) is 20.2 Å². The average Bonchev–Trinajstić information content (AvgIpc) is 2.94. The molecule has 0 bridgehead atoms. The van der Waals surface area contributed by atoms with Crippen LogP contribution in [0.1, 0.15) is 26.3 Å². The predicted molar refractivity (Wildman–Crippen MR) is 139 cm³/mol. The third-order valence-corrected chi connectivity index (χ3v) is 5.24. The second-order valence-corrected chi connectivity index (χ2v) is 7.94. The van der Waals surface area contributed by atoms with E-state index in [2.05, 4.69) is 0 Å². The van der Waals surface area contributed by atoms with Crippen molar-refractivity contribution in [3.63, 3.8) is 0 Å². The maximum atomic E-state index is 11.1. The van der Waals surface area contributed by atoms with Crippen LogP contribution < -0.4 is 9.47 Å². The van der Waals surface area contributed by atoms with Crippen LogP contribution in [0.3, 0.4) is 0 Å². The highest BCUT2D eigenvalue weighted by atomic mass is 35.5. The van der Waals surface area contributed by atoms with E-state index in [0.717, 1.165) is 11.6 Å².